The van der Waals surface area contributed by atoms with E-state index in [9.17, 15) is 0 Å². The fourth-order valence-electron chi connectivity index (χ4n) is 2.35. The third-order valence-corrected chi connectivity index (χ3v) is 3.86. The van der Waals surface area contributed by atoms with E-state index in [1.54, 1.807) is 0 Å². The lowest BCUT2D eigenvalue weighted by molar-refractivity contribution is 0.539. The van der Waals surface area contributed by atoms with Crippen LogP contribution in [0.4, 0.5) is 0 Å². The highest BCUT2D eigenvalue weighted by Crippen LogP contribution is 2.20. The van der Waals surface area contributed by atoms with Gasteiger partial charge in [-0.25, -0.2) is 0 Å². The number of rotatable bonds is 7. The van der Waals surface area contributed by atoms with Crippen molar-refractivity contribution in [2.45, 2.75) is 26.9 Å². The first-order valence-electron chi connectivity index (χ1n) is 6.99. The van der Waals surface area contributed by atoms with Crippen LogP contribution in [-0.2, 0) is 13.1 Å². The minimum absolute atomic E-state index is 0.698. The van der Waals surface area contributed by atoms with Gasteiger partial charge in [-0.2, -0.15) is 11.8 Å². The molecule has 1 N–H and O–H groups in total. The fraction of sp³-hybridized carbons (Fsp3) is 0.500. The maximum absolute atomic E-state index is 3.55. The molecular formula is C16H24N2S. The number of thioether (sulfide) groups is 1. The second-order valence-electron chi connectivity index (χ2n) is 5.36. The van der Waals surface area contributed by atoms with Crippen molar-refractivity contribution in [1.82, 2.24) is 9.88 Å². The van der Waals surface area contributed by atoms with Gasteiger partial charge >= 0.3 is 0 Å². The Bertz CT molecular complexity index is 516. The Hall–Kier alpha value is -0.930. The van der Waals surface area contributed by atoms with E-state index in [2.05, 4.69) is 60.3 Å². The molecule has 104 valence electrons. The molecule has 0 amide bonds. The Morgan fingerprint density at radius 1 is 1.26 bits per heavy atom. The Morgan fingerprint density at radius 3 is 2.79 bits per heavy atom. The molecule has 2 aromatic rings. The van der Waals surface area contributed by atoms with Crippen LogP contribution in [-0.4, -0.2) is 23.1 Å². The fourth-order valence-corrected chi connectivity index (χ4v) is 2.71. The SMILES string of the molecule is CSCCn1c(CNCC(C)C)cc2ccccc21. The summed E-state index contributed by atoms with van der Waals surface area (Å²) in [5.41, 5.74) is 2.76. The number of nitrogens with zero attached hydrogens (tertiary/aromatic N) is 1. The molecular weight excluding hydrogens is 252 g/mol. The number of aryl methyl sites for hydroxylation is 1. The summed E-state index contributed by atoms with van der Waals surface area (Å²) in [6.07, 6.45) is 2.17. The van der Waals surface area contributed by atoms with Gasteiger partial charge in [-0.15, -0.1) is 0 Å². The van der Waals surface area contributed by atoms with Crippen molar-refractivity contribution >= 4 is 22.7 Å². The first-order valence-corrected chi connectivity index (χ1v) is 8.38. The van der Waals surface area contributed by atoms with Gasteiger partial charge in [-0.3, -0.25) is 0 Å². The van der Waals surface area contributed by atoms with Crippen molar-refractivity contribution < 1.29 is 0 Å². The number of benzene rings is 1. The molecule has 1 heterocycles. The van der Waals surface area contributed by atoms with Crippen LogP contribution < -0.4 is 5.32 Å². The number of nitrogens with one attached hydrogen (secondary N) is 1. The lowest BCUT2D eigenvalue weighted by atomic mass is 10.2. The molecule has 0 spiro atoms. The minimum Gasteiger partial charge on any atom is -0.342 e. The molecule has 0 saturated carbocycles. The van der Waals surface area contributed by atoms with Crippen LogP contribution in [0.25, 0.3) is 10.9 Å². The predicted octanol–water partition coefficient (Wildman–Crippen LogP) is 3.75. The topological polar surface area (TPSA) is 17.0 Å². The van der Waals surface area contributed by atoms with Gasteiger partial charge in [0.25, 0.3) is 0 Å². The van der Waals surface area contributed by atoms with Crippen molar-refractivity contribution in [3.8, 4) is 0 Å². The predicted molar refractivity (Wildman–Crippen MR) is 86.9 cm³/mol. The molecule has 1 aromatic carbocycles. The third-order valence-electron chi connectivity index (χ3n) is 3.27. The van der Waals surface area contributed by atoms with Crippen LogP contribution in [0.2, 0.25) is 0 Å². The van der Waals surface area contributed by atoms with Crippen molar-refractivity contribution in [1.29, 1.82) is 0 Å². The summed E-state index contributed by atoms with van der Waals surface area (Å²) in [6, 6.07) is 11.0. The molecule has 1 aromatic heterocycles. The van der Waals surface area contributed by atoms with E-state index in [0.29, 0.717) is 5.92 Å². The average Bonchev–Trinajstić information content (AvgIpc) is 2.74. The highest BCUT2D eigenvalue weighted by Gasteiger charge is 2.07. The van der Waals surface area contributed by atoms with Crippen LogP contribution in [0.3, 0.4) is 0 Å². The normalized spacial score (nSPS) is 11.6. The Morgan fingerprint density at radius 2 is 2.05 bits per heavy atom. The molecule has 0 radical (unpaired) electrons. The molecule has 0 atom stereocenters. The summed E-state index contributed by atoms with van der Waals surface area (Å²) in [7, 11) is 0. The van der Waals surface area contributed by atoms with Crippen LogP contribution in [0.5, 0.6) is 0 Å². The number of para-hydroxylation sites is 1. The summed E-state index contributed by atoms with van der Waals surface area (Å²) >= 11 is 1.90. The average molecular weight is 276 g/mol. The van der Waals surface area contributed by atoms with E-state index in [1.165, 1.54) is 16.6 Å². The number of hydrogen-bond acceptors (Lipinski definition) is 2. The van der Waals surface area contributed by atoms with Crippen LogP contribution in [0, 0.1) is 5.92 Å². The van der Waals surface area contributed by atoms with E-state index in [4.69, 9.17) is 0 Å². The zero-order valence-electron chi connectivity index (χ0n) is 12.1. The second-order valence-corrected chi connectivity index (χ2v) is 6.35. The van der Waals surface area contributed by atoms with Crippen molar-refractivity contribution in [3.63, 3.8) is 0 Å². The van der Waals surface area contributed by atoms with E-state index < -0.39 is 0 Å². The maximum Gasteiger partial charge on any atom is 0.0483 e. The third kappa shape index (κ3) is 3.77. The number of aromatic nitrogens is 1. The van der Waals surface area contributed by atoms with Gasteiger partial charge in [-0.1, -0.05) is 32.0 Å². The molecule has 0 aliphatic carbocycles. The Kier molecular flexibility index (Phi) is 5.34. The van der Waals surface area contributed by atoms with Crippen molar-refractivity contribution in [3.05, 3.63) is 36.0 Å². The number of fused-ring (bicyclic) bond motifs is 1. The largest absolute Gasteiger partial charge is 0.342 e. The molecule has 0 saturated heterocycles. The zero-order valence-corrected chi connectivity index (χ0v) is 13.0. The Balaban J connectivity index is 2.19. The maximum atomic E-state index is 3.55. The summed E-state index contributed by atoms with van der Waals surface area (Å²) in [6.45, 7) is 7.62. The standard InChI is InChI=1S/C16H24N2S/c1-13(2)11-17-12-15-10-14-6-4-5-7-16(14)18(15)8-9-19-3/h4-7,10,13,17H,8-9,11-12H2,1-3H3. The molecule has 2 nitrogen and oxygen atoms in total. The molecule has 0 fully saturated rings. The molecule has 0 aliphatic heterocycles. The molecule has 0 unspecified atom stereocenters. The van der Waals surface area contributed by atoms with Crippen LogP contribution in [0.15, 0.2) is 30.3 Å². The Labute approximate surface area is 120 Å². The summed E-state index contributed by atoms with van der Waals surface area (Å²) in [5, 5.41) is 4.90. The minimum atomic E-state index is 0.698. The van der Waals surface area contributed by atoms with E-state index in [0.717, 1.165) is 25.4 Å². The van der Waals surface area contributed by atoms with E-state index in [1.807, 2.05) is 11.8 Å². The molecule has 3 heteroatoms. The molecule has 19 heavy (non-hydrogen) atoms. The molecule has 0 aliphatic rings. The highest BCUT2D eigenvalue weighted by atomic mass is 32.2. The van der Waals surface area contributed by atoms with Gasteiger partial charge in [0.1, 0.15) is 0 Å². The van der Waals surface area contributed by atoms with Gasteiger partial charge in [0.05, 0.1) is 0 Å². The summed E-state index contributed by atoms with van der Waals surface area (Å²) < 4.78 is 2.46. The smallest absolute Gasteiger partial charge is 0.0483 e. The van der Waals surface area contributed by atoms with Crippen molar-refractivity contribution in [2.75, 3.05) is 18.6 Å². The molecule has 0 bridgehead atoms. The van der Waals surface area contributed by atoms with Gasteiger partial charge in [0, 0.05) is 30.1 Å². The van der Waals surface area contributed by atoms with Crippen LogP contribution in [0.1, 0.15) is 19.5 Å². The number of hydrogen-bond donors (Lipinski definition) is 1. The van der Waals surface area contributed by atoms with Crippen molar-refractivity contribution in [2.24, 2.45) is 5.92 Å². The molecule has 2 rings (SSSR count). The first kappa shape index (κ1) is 14.5. The second kappa shape index (κ2) is 7.01. The monoisotopic (exact) mass is 276 g/mol. The zero-order chi connectivity index (χ0) is 13.7. The van der Waals surface area contributed by atoms with E-state index >= 15 is 0 Å². The van der Waals surface area contributed by atoms with Gasteiger partial charge in [0.15, 0.2) is 0 Å². The highest BCUT2D eigenvalue weighted by molar-refractivity contribution is 7.98. The van der Waals surface area contributed by atoms with Gasteiger partial charge < -0.3 is 9.88 Å². The lowest BCUT2D eigenvalue weighted by Crippen LogP contribution is -2.21. The summed E-state index contributed by atoms with van der Waals surface area (Å²) in [4.78, 5) is 0. The summed E-state index contributed by atoms with van der Waals surface area (Å²) in [5.74, 6) is 1.86. The quantitative estimate of drug-likeness (QED) is 0.829. The van der Waals surface area contributed by atoms with Gasteiger partial charge in [0.2, 0.25) is 0 Å². The lowest BCUT2D eigenvalue weighted by Gasteiger charge is -2.12. The van der Waals surface area contributed by atoms with E-state index in [-0.39, 0.29) is 0 Å². The first-order chi connectivity index (χ1) is 9.22. The van der Waals surface area contributed by atoms with Crippen LogP contribution >= 0.6 is 11.8 Å². The van der Waals surface area contributed by atoms with Gasteiger partial charge in [-0.05, 0) is 36.2 Å².